The summed E-state index contributed by atoms with van der Waals surface area (Å²) in [6.45, 7) is 15.4. The van der Waals surface area contributed by atoms with Crippen LogP contribution in [-0.2, 0) is 19.2 Å². The van der Waals surface area contributed by atoms with Crippen molar-refractivity contribution in [2.24, 2.45) is 22.2 Å². The van der Waals surface area contributed by atoms with Crippen LogP contribution in [0.2, 0.25) is 0 Å². The molecule has 4 rings (SSSR count). The van der Waals surface area contributed by atoms with Gasteiger partial charge in [0.15, 0.2) is 22.8 Å². The second kappa shape index (κ2) is 9.97. The first-order chi connectivity index (χ1) is 18.2. The van der Waals surface area contributed by atoms with Crippen molar-refractivity contribution in [3.05, 3.63) is 70.5 Å². The van der Waals surface area contributed by atoms with E-state index in [0.717, 1.165) is 11.1 Å². The first kappa shape index (κ1) is 29.2. The number of rotatable bonds is 7. The number of ketones is 3. The lowest BCUT2D eigenvalue weighted by Gasteiger charge is -2.62. The lowest BCUT2D eigenvalue weighted by Crippen LogP contribution is -2.70. The summed E-state index contributed by atoms with van der Waals surface area (Å²) in [5.41, 5.74) is -2.28. The van der Waals surface area contributed by atoms with E-state index in [1.165, 1.54) is 0 Å². The van der Waals surface area contributed by atoms with Gasteiger partial charge in [-0.15, -0.1) is 0 Å². The number of carbonyl (C=O) groups excluding carboxylic acids is 3. The van der Waals surface area contributed by atoms with Crippen LogP contribution in [0.3, 0.4) is 0 Å². The number of hydrogen-bond acceptors (Lipinski definition) is 6. The lowest BCUT2D eigenvalue weighted by molar-refractivity contribution is -0.317. The molecule has 1 heterocycles. The average Bonchev–Trinajstić information content (AvgIpc) is 2.87. The zero-order chi connectivity index (χ0) is 29.0. The minimum absolute atomic E-state index is 0.0556. The second-order valence-corrected chi connectivity index (χ2v) is 13.1. The molecule has 0 saturated heterocycles. The van der Waals surface area contributed by atoms with Crippen LogP contribution < -0.4 is 0 Å². The van der Waals surface area contributed by atoms with E-state index in [9.17, 15) is 14.8 Å². The SMILES string of the molecule is CC(C)=CC[C@H]1C[C@]2(CC=C(C)C)C(=O)C3=C(OC(C)(C)[C@H](OO)C3)[C@@](C(=O)c3ccccc3)(C2=O)C1(C)C. The maximum Gasteiger partial charge on any atom is 0.184 e. The van der Waals surface area contributed by atoms with Gasteiger partial charge in [-0.1, -0.05) is 67.5 Å². The maximum absolute atomic E-state index is 15.1. The number of fused-ring (bicyclic) bond motifs is 3. The smallest absolute Gasteiger partial charge is 0.184 e. The summed E-state index contributed by atoms with van der Waals surface area (Å²) in [7, 11) is 0. The third-order valence-electron chi connectivity index (χ3n) is 9.38. The topological polar surface area (TPSA) is 89.9 Å². The van der Waals surface area contributed by atoms with E-state index >= 15 is 4.79 Å². The number of hydrogen-bond donors (Lipinski definition) is 1. The highest BCUT2D eigenvalue weighted by Crippen LogP contribution is 2.68. The summed E-state index contributed by atoms with van der Waals surface area (Å²) in [6.07, 6.45) is 4.47. The van der Waals surface area contributed by atoms with Crippen LogP contribution in [0, 0.1) is 22.2 Å². The van der Waals surface area contributed by atoms with Crippen LogP contribution in [0.4, 0.5) is 0 Å². The highest BCUT2D eigenvalue weighted by atomic mass is 17.1. The van der Waals surface area contributed by atoms with E-state index in [1.807, 2.05) is 53.7 Å². The predicted molar refractivity (Wildman–Crippen MR) is 150 cm³/mol. The molecule has 2 bridgehead atoms. The van der Waals surface area contributed by atoms with Gasteiger partial charge in [-0.3, -0.25) is 19.6 Å². The quantitative estimate of drug-likeness (QED) is 0.132. The van der Waals surface area contributed by atoms with E-state index < -0.39 is 27.9 Å². The molecule has 1 aromatic rings. The van der Waals surface area contributed by atoms with Gasteiger partial charge >= 0.3 is 0 Å². The van der Waals surface area contributed by atoms with E-state index in [4.69, 9.17) is 9.62 Å². The van der Waals surface area contributed by atoms with Crippen LogP contribution in [0.5, 0.6) is 0 Å². The molecule has 6 nitrogen and oxygen atoms in total. The molecule has 39 heavy (non-hydrogen) atoms. The summed E-state index contributed by atoms with van der Waals surface area (Å²) in [4.78, 5) is 49.3. The zero-order valence-electron chi connectivity index (χ0n) is 24.5. The Morgan fingerprint density at radius 1 is 1.03 bits per heavy atom. The van der Waals surface area contributed by atoms with E-state index in [-0.39, 0.29) is 47.4 Å². The number of carbonyl (C=O) groups is 3. The van der Waals surface area contributed by atoms with E-state index in [0.29, 0.717) is 18.4 Å². The highest BCUT2D eigenvalue weighted by molar-refractivity contribution is 6.30. The standard InChI is InChI=1S/C33H42O6/c1-20(2)14-15-23-19-32(17-16-21(3)4)27(35)24-18-25(39-37)31(7,8)38-28(24)33(29(32)36,30(23,5)6)26(34)22-12-10-9-11-13-22/h9-14,16,23,25,37H,15,17-19H2,1-8H3/t23-,25+,32+,33-/m0/s1. The molecule has 0 radical (unpaired) electrons. The van der Waals surface area contributed by atoms with Gasteiger partial charge in [0.25, 0.3) is 0 Å². The Morgan fingerprint density at radius 3 is 2.21 bits per heavy atom. The fourth-order valence-corrected chi connectivity index (χ4v) is 6.89. The van der Waals surface area contributed by atoms with Gasteiger partial charge in [-0.2, -0.15) is 0 Å². The third-order valence-corrected chi connectivity index (χ3v) is 9.38. The minimum Gasteiger partial charge on any atom is -0.487 e. The van der Waals surface area contributed by atoms with Gasteiger partial charge in [0, 0.05) is 17.6 Å². The van der Waals surface area contributed by atoms with Crippen molar-refractivity contribution in [1.29, 1.82) is 0 Å². The van der Waals surface area contributed by atoms with Crippen molar-refractivity contribution < 1.29 is 29.3 Å². The minimum atomic E-state index is -1.72. The molecule has 2 aliphatic carbocycles. The molecule has 6 heteroatoms. The monoisotopic (exact) mass is 534 g/mol. The molecule has 1 fully saturated rings. The molecule has 1 N–H and O–H groups in total. The van der Waals surface area contributed by atoms with Gasteiger partial charge in [0.2, 0.25) is 0 Å². The Balaban J connectivity index is 2.13. The molecule has 1 saturated carbocycles. The first-order valence-electron chi connectivity index (χ1n) is 13.9. The second-order valence-electron chi connectivity index (χ2n) is 13.1. The molecular weight excluding hydrogens is 492 g/mol. The van der Waals surface area contributed by atoms with Crippen molar-refractivity contribution >= 4 is 17.3 Å². The molecule has 4 atom stereocenters. The van der Waals surface area contributed by atoms with Crippen LogP contribution in [0.25, 0.3) is 0 Å². The van der Waals surface area contributed by atoms with Crippen LogP contribution in [0.15, 0.2) is 65.0 Å². The van der Waals surface area contributed by atoms with Crippen molar-refractivity contribution in [2.75, 3.05) is 0 Å². The predicted octanol–water partition coefficient (Wildman–Crippen LogP) is 7.06. The molecule has 0 amide bonds. The molecule has 210 valence electrons. The Hall–Kier alpha value is -2.83. The molecule has 0 spiro atoms. The van der Waals surface area contributed by atoms with Crippen molar-refractivity contribution in [3.8, 4) is 0 Å². The van der Waals surface area contributed by atoms with Crippen LogP contribution in [0.1, 0.15) is 91.4 Å². The molecule has 3 aliphatic rings. The number of allylic oxidation sites excluding steroid dienone is 5. The summed E-state index contributed by atoms with van der Waals surface area (Å²) in [6, 6.07) is 8.85. The third kappa shape index (κ3) is 4.27. The number of benzene rings is 1. The van der Waals surface area contributed by atoms with Crippen molar-refractivity contribution in [3.63, 3.8) is 0 Å². The molecule has 0 aromatic heterocycles. The molecule has 0 unspecified atom stereocenters. The van der Waals surface area contributed by atoms with Gasteiger partial charge in [0.1, 0.15) is 17.5 Å². The van der Waals surface area contributed by atoms with E-state index in [2.05, 4.69) is 6.08 Å². The average molecular weight is 535 g/mol. The fourth-order valence-electron chi connectivity index (χ4n) is 6.89. The molecule has 1 aliphatic heterocycles. The van der Waals surface area contributed by atoms with Gasteiger partial charge in [0.05, 0.1) is 5.41 Å². The van der Waals surface area contributed by atoms with Crippen LogP contribution >= 0.6 is 0 Å². The number of Topliss-reactive ketones (excluding diaryl/α,β-unsaturated/α-hetero) is 3. The number of ether oxygens (including phenoxy) is 1. The summed E-state index contributed by atoms with van der Waals surface area (Å²) in [5, 5.41) is 9.75. The van der Waals surface area contributed by atoms with E-state index in [1.54, 1.807) is 38.1 Å². The summed E-state index contributed by atoms with van der Waals surface area (Å²) < 4.78 is 6.54. The Kier molecular flexibility index (Phi) is 7.46. The lowest BCUT2D eigenvalue weighted by atomic mass is 9.39. The Bertz CT molecular complexity index is 1270. The zero-order valence-corrected chi connectivity index (χ0v) is 24.5. The van der Waals surface area contributed by atoms with Crippen LogP contribution in [-0.4, -0.2) is 34.3 Å². The van der Waals surface area contributed by atoms with Gasteiger partial charge in [-0.05, 0) is 72.1 Å². The maximum atomic E-state index is 15.1. The van der Waals surface area contributed by atoms with Gasteiger partial charge in [-0.25, -0.2) is 4.89 Å². The molecule has 1 aromatic carbocycles. The summed E-state index contributed by atoms with van der Waals surface area (Å²) >= 11 is 0. The molecular formula is C33H42O6. The Labute approximate surface area is 232 Å². The Morgan fingerprint density at radius 2 is 1.64 bits per heavy atom. The largest absolute Gasteiger partial charge is 0.487 e. The van der Waals surface area contributed by atoms with Gasteiger partial charge < -0.3 is 4.74 Å². The first-order valence-corrected chi connectivity index (χ1v) is 13.9. The fraction of sp³-hybridized carbons (Fsp3) is 0.545. The normalized spacial score (nSPS) is 30.7. The summed E-state index contributed by atoms with van der Waals surface area (Å²) in [5.74, 6) is -1.04. The van der Waals surface area contributed by atoms with Crippen molar-refractivity contribution in [2.45, 2.75) is 92.8 Å². The van der Waals surface area contributed by atoms with Crippen molar-refractivity contribution in [1.82, 2.24) is 0 Å². The highest BCUT2D eigenvalue weighted by Gasteiger charge is 2.76.